The van der Waals surface area contributed by atoms with Gasteiger partial charge in [0.05, 0.1) is 0 Å². The zero-order chi connectivity index (χ0) is 14.0. The van der Waals surface area contributed by atoms with Crippen molar-refractivity contribution in [3.05, 3.63) is 24.0 Å². The molecule has 0 saturated carbocycles. The highest BCUT2D eigenvalue weighted by Crippen LogP contribution is 2.26. The van der Waals surface area contributed by atoms with E-state index in [4.69, 9.17) is 11.0 Å². The van der Waals surface area contributed by atoms with Gasteiger partial charge in [0, 0.05) is 25.3 Å². The number of aromatic nitrogens is 1. The van der Waals surface area contributed by atoms with Gasteiger partial charge in [-0.3, -0.25) is 0 Å². The Morgan fingerprint density at radius 2 is 2.37 bits per heavy atom. The van der Waals surface area contributed by atoms with Gasteiger partial charge < -0.3 is 5.73 Å². The van der Waals surface area contributed by atoms with Gasteiger partial charge in [-0.2, -0.15) is 9.57 Å². The van der Waals surface area contributed by atoms with E-state index in [-0.39, 0.29) is 22.5 Å². The second-order valence-corrected chi connectivity index (χ2v) is 6.64. The summed E-state index contributed by atoms with van der Waals surface area (Å²) < 4.78 is 26.3. The van der Waals surface area contributed by atoms with Crippen molar-refractivity contribution in [3.63, 3.8) is 0 Å². The molecule has 0 bridgehead atoms. The molecule has 102 valence electrons. The van der Waals surface area contributed by atoms with Crippen molar-refractivity contribution in [1.29, 1.82) is 5.26 Å². The molecule has 1 aromatic heterocycles. The van der Waals surface area contributed by atoms with Crippen LogP contribution in [0.25, 0.3) is 0 Å². The highest BCUT2D eigenvalue weighted by atomic mass is 32.2. The van der Waals surface area contributed by atoms with Crippen molar-refractivity contribution in [3.8, 4) is 6.07 Å². The molecule has 2 heterocycles. The average Bonchev–Trinajstić information content (AvgIpc) is 2.89. The maximum absolute atomic E-state index is 12.5. The molecule has 0 radical (unpaired) electrons. The van der Waals surface area contributed by atoms with Crippen molar-refractivity contribution in [2.75, 3.05) is 13.1 Å². The first-order chi connectivity index (χ1) is 8.96. The maximum Gasteiger partial charge on any atom is 0.245 e. The summed E-state index contributed by atoms with van der Waals surface area (Å²) in [4.78, 5) is 3.77. The van der Waals surface area contributed by atoms with Gasteiger partial charge in [0.1, 0.15) is 11.0 Å². The number of hydrogen-bond acceptors (Lipinski definition) is 5. The number of nitriles is 1. The molecule has 2 rings (SSSR count). The molecule has 2 atom stereocenters. The van der Waals surface area contributed by atoms with Crippen LogP contribution >= 0.6 is 0 Å². The molecule has 7 heteroatoms. The number of pyridine rings is 1. The molecule has 6 nitrogen and oxygen atoms in total. The van der Waals surface area contributed by atoms with Gasteiger partial charge in [0.25, 0.3) is 0 Å². The van der Waals surface area contributed by atoms with Crippen LogP contribution in [0.15, 0.2) is 23.2 Å². The fourth-order valence-corrected chi connectivity index (χ4v) is 3.83. The maximum atomic E-state index is 12.5. The number of nitrogens with two attached hydrogens (primary N) is 1. The fourth-order valence-electron chi connectivity index (χ4n) is 2.22. The van der Waals surface area contributed by atoms with Gasteiger partial charge in [-0.1, -0.05) is 0 Å². The van der Waals surface area contributed by atoms with Crippen molar-refractivity contribution in [2.24, 2.45) is 11.7 Å². The van der Waals surface area contributed by atoms with Crippen LogP contribution in [0.2, 0.25) is 0 Å². The van der Waals surface area contributed by atoms with Crippen LogP contribution in [-0.4, -0.2) is 36.8 Å². The van der Waals surface area contributed by atoms with E-state index in [1.165, 1.54) is 22.6 Å². The minimum atomic E-state index is -3.66. The molecule has 1 aliphatic rings. The molecule has 1 aliphatic heterocycles. The van der Waals surface area contributed by atoms with Crippen molar-refractivity contribution >= 4 is 10.0 Å². The van der Waals surface area contributed by atoms with Crippen LogP contribution < -0.4 is 5.73 Å². The molecule has 0 amide bonds. The summed E-state index contributed by atoms with van der Waals surface area (Å²) in [5.41, 5.74) is 5.75. The van der Waals surface area contributed by atoms with Crippen LogP contribution in [0.4, 0.5) is 0 Å². The summed E-state index contributed by atoms with van der Waals surface area (Å²) in [6.45, 7) is 2.72. The van der Waals surface area contributed by atoms with Gasteiger partial charge in [0.2, 0.25) is 10.0 Å². The predicted octanol–water partition coefficient (Wildman–Crippen LogP) is 0.311. The van der Waals surface area contributed by atoms with E-state index in [0.29, 0.717) is 13.1 Å². The summed E-state index contributed by atoms with van der Waals surface area (Å²) in [6.07, 6.45) is 2.16. The third-order valence-corrected chi connectivity index (χ3v) is 5.32. The number of rotatable bonds is 3. The van der Waals surface area contributed by atoms with Gasteiger partial charge >= 0.3 is 0 Å². The zero-order valence-electron chi connectivity index (χ0n) is 10.7. The van der Waals surface area contributed by atoms with E-state index < -0.39 is 10.0 Å². The topological polar surface area (TPSA) is 100 Å². The number of hydrogen-bond donors (Lipinski definition) is 1. The van der Waals surface area contributed by atoms with Gasteiger partial charge in [0.15, 0.2) is 5.69 Å². The summed E-state index contributed by atoms with van der Waals surface area (Å²) in [6, 6.07) is 4.72. The van der Waals surface area contributed by atoms with Gasteiger partial charge in [-0.25, -0.2) is 13.4 Å². The Kier molecular flexibility index (Phi) is 3.85. The molecule has 2 N–H and O–H groups in total. The molecule has 1 aromatic rings. The van der Waals surface area contributed by atoms with Gasteiger partial charge in [-0.05, 0) is 31.4 Å². The first-order valence-corrected chi connectivity index (χ1v) is 7.51. The Balaban J connectivity index is 2.32. The predicted molar refractivity (Wildman–Crippen MR) is 69.5 cm³/mol. The Morgan fingerprint density at radius 1 is 1.63 bits per heavy atom. The van der Waals surface area contributed by atoms with Crippen molar-refractivity contribution < 1.29 is 8.42 Å². The minimum absolute atomic E-state index is 0.0252. The normalized spacial score (nSPS) is 22.1. The number of sulfonamides is 1. The van der Waals surface area contributed by atoms with Crippen LogP contribution in [0.5, 0.6) is 0 Å². The summed E-state index contributed by atoms with van der Waals surface area (Å²) in [7, 11) is -3.66. The van der Waals surface area contributed by atoms with Crippen LogP contribution in [0.1, 0.15) is 19.0 Å². The lowest BCUT2D eigenvalue weighted by Gasteiger charge is -2.18. The standard InChI is InChI=1S/C12H16N4O2S/c1-9(14)10-4-6-16(8-10)19(17,18)12-3-2-5-15-11(12)7-13/h2-3,5,9-10H,4,6,8,14H2,1H3. The molecule has 1 saturated heterocycles. The summed E-state index contributed by atoms with van der Waals surface area (Å²) in [5.74, 6) is 0.164. The van der Waals surface area contributed by atoms with Crippen LogP contribution in [0, 0.1) is 17.2 Å². The lowest BCUT2D eigenvalue weighted by Crippen LogP contribution is -2.33. The van der Waals surface area contributed by atoms with E-state index in [1.807, 2.05) is 13.0 Å². The lowest BCUT2D eigenvalue weighted by molar-refractivity contribution is 0.428. The molecule has 0 aromatic carbocycles. The van der Waals surface area contributed by atoms with E-state index in [2.05, 4.69) is 4.98 Å². The van der Waals surface area contributed by atoms with Crippen molar-refractivity contribution in [2.45, 2.75) is 24.3 Å². The molecule has 1 fully saturated rings. The Labute approximate surface area is 112 Å². The van der Waals surface area contributed by atoms with E-state index in [9.17, 15) is 8.42 Å². The third-order valence-electron chi connectivity index (χ3n) is 3.43. The Bertz CT molecular complexity index is 606. The fraction of sp³-hybridized carbons (Fsp3) is 0.500. The van der Waals surface area contributed by atoms with E-state index in [1.54, 1.807) is 0 Å². The second kappa shape index (κ2) is 5.25. The quantitative estimate of drug-likeness (QED) is 0.859. The van der Waals surface area contributed by atoms with Crippen molar-refractivity contribution in [1.82, 2.24) is 9.29 Å². The molecule has 19 heavy (non-hydrogen) atoms. The third kappa shape index (κ3) is 2.61. The average molecular weight is 280 g/mol. The molecular formula is C12H16N4O2S. The molecule has 0 aliphatic carbocycles. The zero-order valence-corrected chi connectivity index (χ0v) is 11.5. The van der Waals surface area contributed by atoms with E-state index >= 15 is 0 Å². The van der Waals surface area contributed by atoms with E-state index in [0.717, 1.165) is 6.42 Å². The molecule has 2 unspecified atom stereocenters. The Hall–Kier alpha value is -1.49. The monoisotopic (exact) mass is 280 g/mol. The number of nitrogens with zero attached hydrogens (tertiary/aromatic N) is 3. The highest BCUT2D eigenvalue weighted by molar-refractivity contribution is 7.89. The highest BCUT2D eigenvalue weighted by Gasteiger charge is 2.35. The first kappa shape index (κ1) is 13.9. The first-order valence-electron chi connectivity index (χ1n) is 6.07. The summed E-state index contributed by atoms with van der Waals surface area (Å²) >= 11 is 0. The molecular weight excluding hydrogens is 264 g/mol. The SMILES string of the molecule is CC(N)C1CCN(S(=O)(=O)c2cccnc2C#N)C1. The second-order valence-electron chi connectivity index (χ2n) is 4.73. The van der Waals surface area contributed by atoms with Crippen LogP contribution in [-0.2, 0) is 10.0 Å². The lowest BCUT2D eigenvalue weighted by atomic mass is 10.0. The smallest absolute Gasteiger partial charge is 0.245 e. The summed E-state index contributed by atoms with van der Waals surface area (Å²) in [5, 5.41) is 8.95. The largest absolute Gasteiger partial charge is 0.328 e. The molecule has 0 spiro atoms. The van der Waals surface area contributed by atoms with Crippen LogP contribution in [0.3, 0.4) is 0 Å². The van der Waals surface area contributed by atoms with Gasteiger partial charge in [-0.15, -0.1) is 0 Å². The Morgan fingerprint density at radius 3 is 2.95 bits per heavy atom. The minimum Gasteiger partial charge on any atom is -0.328 e.